The Hall–Kier alpha value is -3.43. The third-order valence-corrected chi connectivity index (χ3v) is 9.82. The van der Waals surface area contributed by atoms with Crippen molar-refractivity contribution in [2.75, 3.05) is 28.4 Å². The van der Waals surface area contributed by atoms with Crippen molar-refractivity contribution in [2.24, 2.45) is 0 Å². The average Bonchev–Trinajstić information content (AvgIpc) is 2.92. The van der Waals surface area contributed by atoms with Crippen LogP contribution in [0.2, 0.25) is 0 Å². The van der Waals surface area contributed by atoms with Gasteiger partial charge in [0.2, 0.25) is 0 Å². The van der Waals surface area contributed by atoms with Crippen molar-refractivity contribution in [3.63, 3.8) is 0 Å². The highest BCUT2D eigenvalue weighted by atomic mass is 31.1. The summed E-state index contributed by atoms with van der Waals surface area (Å²) in [6.45, 7) is 13.2. The number of aromatic hydroxyl groups is 1. The normalized spacial score (nSPS) is 12.1. The van der Waals surface area contributed by atoms with E-state index in [4.69, 9.17) is 18.9 Å². The summed E-state index contributed by atoms with van der Waals surface area (Å²) in [6.07, 6.45) is 0. The zero-order valence-corrected chi connectivity index (χ0v) is 26.2. The fraction of sp³-hybridized carbons (Fsp3) is 0.353. The highest BCUT2D eigenvalue weighted by Crippen LogP contribution is 2.50. The number of hydrogen-bond acceptors (Lipinski definition) is 5. The monoisotopic (exact) mass is 560 g/mol. The molecule has 0 bridgehead atoms. The van der Waals surface area contributed by atoms with Gasteiger partial charge in [0, 0.05) is 18.6 Å². The molecular weight excluding hydrogens is 519 g/mol. The molecule has 0 heterocycles. The van der Waals surface area contributed by atoms with Gasteiger partial charge in [0.25, 0.3) is 0 Å². The standard InChI is InChI=1S/C34H41O5P/c1-33(2,3)22-15-11-14-21-23(34(4,5)6)20-28(30(35)29(21)22)40(31-24(36-7)16-12-17-25(31)37-8)32-26(38-9)18-13-19-27(32)39-10/h11-20,35H,1-10H3. The third-order valence-electron chi connectivity index (χ3n) is 7.22. The first kappa shape index (κ1) is 29.6. The molecule has 0 saturated heterocycles. The van der Waals surface area contributed by atoms with Crippen LogP contribution in [0.25, 0.3) is 10.8 Å². The second kappa shape index (κ2) is 11.2. The second-order valence-corrected chi connectivity index (χ2v) is 13.9. The van der Waals surface area contributed by atoms with Gasteiger partial charge in [-0.05, 0) is 57.7 Å². The van der Waals surface area contributed by atoms with Crippen LogP contribution >= 0.6 is 7.92 Å². The quantitative estimate of drug-likeness (QED) is 0.248. The predicted octanol–water partition coefficient (Wildman–Crippen LogP) is 6.93. The molecule has 0 aromatic heterocycles. The number of ether oxygens (including phenoxy) is 4. The van der Waals surface area contributed by atoms with E-state index < -0.39 is 7.92 Å². The summed E-state index contributed by atoms with van der Waals surface area (Å²) in [4.78, 5) is 0. The molecule has 0 spiro atoms. The molecule has 4 aromatic carbocycles. The summed E-state index contributed by atoms with van der Waals surface area (Å²) in [7, 11) is 5.12. The zero-order chi connectivity index (χ0) is 29.4. The van der Waals surface area contributed by atoms with Gasteiger partial charge in [0.1, 0.15) is 28.7 Å². The van der Waals surface area contributed by atoms with Crippen molar-refractivity contribution in [2.45, 2.75) is 52.4 Å². The minimum atomic E-state index is -1.51. The van der Waals surface area contributed by atoms with Crippen molar-refractivity contribution < 1.29 is 24.1 Å². The minimum Gasteiger partial charge on any atom is -0.507 e. The Balaban J connectivity index is 2.30. The Morgan fingerprint density at radius 3 is 1.35 bits per heavy atom. The maximum absolute atomic E-state index is 12.4. The van der Waals surface area contributed by atoms with E-state index in [2.05, 4.69) is 65.8 Å². The number of methoxy groups -OCH3 is 4. The highest BCUT2D eigenvalue weighted by Gasteiger charge is 2.35. The Labute approximate surface area is 239 Å². The molecule has 40 heavy (non-hydrogen) atoms. The van der Waals surface area contributed by atoms with E-state index in [1.165, 1.54) is 0 Å². The SMILES string of the molecule is COc1cccc(OC)c1P(c1cc(C(C)(C)C)c2cccc(C(C)(C)C)c2c1O)c1c(OC)cccc1OC. The highest BCUT2D eigenvalue weighted by molar-refractivity contribution is 7.80. The summed E-state index contributed by atoms with van der Waals surface area (Å²) in [6, 6.07) is 20.0. The van der Waals surface area contributed by atoms with Gasteiger partial charge in [-0.15, -0.1) is 0 Å². The van der Waals surface area contributed by atoms with Crippen molar-refractivity contribution in [3.8, 4) is 28.7 Å². The van der Waals surface area contributed by atoms with Crippen LogP contribution < -0.4 is 34.9 Å². The first-order valence-corrected chi connectivity index (χ1v) is 14.7. The van der Waals surface area contributed by atoms with Crippen LogP contribution in [0, 0.1) is 0 Å². The number of rotatable bonds is 7. The lowest BCUT2D eigenvalue weighted by Crippen LogP contribution is -2.27. The van der Waals surface area contributed by atoms with Crippen LogP contribution in [-0.2, 0) is 10.8 Å². The molecule has 6 heteroatoms. The lowest BCUT2D eigenvalue weighted by atomic mass is 9.78. The zero-order valence-electron chi connectivity index (χ0n) is 25.3. The molecule has 0 aliphatic rings. The predicted molar refractivity (Wildman–Crippen MR) is 168 cm³/mol. The van der Waals surface area contributed by atoms with Gasteiger partial charge in [-0.3, -0.25) is 0 Å². The molecule has 0 aliphatic heterocycles. The van der Waals surface area contributed by atoms with E-state index in [9.17, 15) is 5.11 Å². The van der Waals surface area contributed by atoms with Gasteiger partial charge in [0.15, 0.2) is 0 Å². The molecule has 0 unspecified atom stereocenters. The number of phenolic OH excluding ortho intramolecular Hbond substituents is 1. The van der Waals surface area contributed by atoms with Crippen LogP contribution in [0.1, 0.15) is 52.7 Å². The van der Waals surface area contributed by atoms with Gasteiger partial charge in [-0.25, -0.2) is 0 Å². The third kappa shape index (κ3) is 5.20. The van der Waals surface area contributed by atoms with Gasteiger partial charge < -0.3 is 24.1 Å². The Morgan fingerprint density at radius 2 is 0.975 bits per heavy atom. The molecule has 4 rings (SSSR count). The van der Waals surface area contributed by atoms with Crippen LogP contribution in [0.5, 0.6) is 28.7 Å². The summed E-state index contributed by atoms with van der Waals surface area (Å²) in [5.74, 6) is 2.91. The molecule has 0 atom stereocenters. The fourth-order valence-corrected chi connectivity index (χ4v) is 8.15. The first-order chi connectivity index (χ1) is 18.9. The number of fused-ring (bicyclic) bond motifs is 1. The lowest BCUT2D eigenvalue weighted by molar-refractivity contribution is 0.399. The first-order valence-electron chi connectivity index (χ1n) is 13.4. The number of hydrogen-bond donors (Lipinski definition) is 1. The largest absolute Gasteiger partial charge is 0.507 e. The molecule has 0 saturated carbocycles. The van der Waals surface area contributed by atoms with E-state index in [-0.39, 0.29) is 16.6 Å². The summed E-state index contributed by atoms with van der Waals surface area (Å²) < 4.78 is 23.7. The Bertz CT molecular complexity index is 1430. The van der Waals surface area contributed by atoms with Gasteiger partial charge in [-0.1, -0.05) is 71.9 Å². The molecule has 0 radical (unpaired) electrons. The van der Waals surface area contributed by atoms with Crippen molar-refractivity contribution in [1.82, 2.24) is 0 Å². The number of phenols is 1. The molecule has 0 fully saturated rings. The van der Waals surface area contributed by atoms with Crippen molar-refractivity contribution >= 4 is 34.6 Å². The van der Waals surface area contributed by atoms with Crippen LogP contribution in [-0.4, -0.2) is 33.5 Å². The second-order valence-electron chi connectivity index (χ2n) is 11.9. The summed E-state index contributed by atoms with van der Waals surface area (Å²) in [5.41, 5.74) is 1.84. The molecule has 0 aliphatic carbocycles. The lowest BCUT2D eigenvalue weighted by Gasteiger charge is -2.31. The Morgan fingerprint density at radius 1 is 0.575 bits per heavy atom. The summed E-state index contributed by atoms with van der Waals surface area (Å²) >= 11 is 0. The van der Waals surface area contributed by atoms with Gasteiger partial charge in [-0.2, -0.15) is 0 Å². The molecule has 4 aromatic rings. The van der Waals surface area contributed by atoms with E-state index >= 15 is 0 Å². The Kier molecular flexibility index (Phi) is 8.28. The van der Waals surface area contributed by atoms with Gasteiger partial charge in [0.05, 0.1) is 39.0 Å². The minimum absolute atomic E-state index is 0.197. The van der Waals surface area contributed by atoms with Crippen molar-refractivity contribution in [3.05, 3.63) is 71.8 Å². The molecular formula is C34H41O5P. The maximum atomic E-state index is 12.4. The smallest absolute Gasteiger partial charge is 0.132 e. The van der Waals surface area contributed by atoms with E-state index in [0.29, 0.717) is 23.0 Å². The van der Waals surface area contributed by atoms with E-state index in [0.717, 1.165) is 37.8 Å². The molecule has 212 valence electrons. The average molecular weight is 561 g/mol. The molecule has 5 nitrogen and oxygen atoms in total. The number of benzene rings is 4. The van der Waals surface area contributed by atoms with E-state index in [1.807, 2.05) is 36.4 Å². The maximum Gasteiger partial charge on any atom is 0.132 e. The van der Waals surface area contributed by atoms with Gasteiger partial charge >= 0.3 is 0 Å². The molecule has 0 amide bonds. The fourth-order valence-electron chi connectivity index (χ4n) is 5.32. The molecule has 1 N–H and O–H groups in total. The van der Waals surface area contributed by atoms with Crippen LogP contribution in [0.15, 0.2) is 60.7 Å². The van der Waals surface area contributed by atoms with Crippen LogP contribution in [0.4, 0.5) is 0 Å². The van der Waals surface area contributed by atoms with Crippen molar-refractivity contribution in [1.29, 1.82) is 0 Å². The summed E-state index contributed by atoms with van der Waals surface area (Å²) in [5, 5.41) is 16.8. The topological polar surface area (TPSA) is 57.2 Å². The van der Waals surface area contributed by atoms with Crippen LogP contribution in [0.3, 0.4) is 0 Å². The van der Waals surface area contributed by atoms with E-state index in [1.54, 1.807) is 28.4 Å².